The molecule has 3 aromatic rings. The first-order valence-electron chi connectivity index (χ1n) is 12.1. The molecule has 4 N–H and O–H groups in total. The van der Waals surface area contributed by atoms with Gasteiger partial charge in [0.1, 0.15) is 0 Å². The first kappa shape index (κ1) is 26.1. The van der Waals surface area contributed by atoms with E-state index in [1.54, 1.807) is 12.1 Å². The number of carboxylic acid groups (broad SMARTS) is 1. The summed E-state index contributed by atoms with van der Waals surface area (Å²) in [6.45, 7) is 4.34. The zero-order valence-electron chi connectivity index (χ0n) is 20.3. The molecule has 0 saturated carbocycles. The molecule has 1 aliphatic rings. The number of carboxylic acids is 1. The number of amides is 1. The van der Waals surface area contributed by atoms with Gasteiger partial charge in [0.2, 0.25) is 0 Å². The van der Waals surface area contributed by atoms with Gasteiger partial charge < -0.3 is 15.7 Å². The number of aromatic amines is 1. The van der Waals surface area contributed by atoms with Crippen LogP contribution in [0.3, 0.4) is 0 Å². The van der Waals surface area contributed by atoms with Crippen molar-refractivity contribution in [2.24, 2.45) is 5.73 Å². The maximum absolute atomic E-state index is 13.8. The predicted molar refractivity (Wildman–Crippen MR) is 135 cm³/mol. The number of rotatable bonds is 10. The van der Waals surface area contributed by atoms with Crippen molar-refractivity contribution in [1.82, 2.24) is 14.5 Å². The summed E-state index contributed by atoms with van der Waals surface area (Å²) in [5.41, 5.74) is 6.06. The third-order valence-corrected chi connectivity index (χ3v) is 6.63. The Morgan fingerprint density at radius 1 is 0.946 bits per heavy atom. The summed E-state index contributed by atoms with van der Waals surface area (Å²) in [6.07, 6.45) is 2.28. The number of unbranched alkanes of at least 4 members (excludes halogenated alkanes) is 2. The Morgan fingerprint density at radius 3 is 2.32 bits per heavy atom. The smallest absolute Gasteiger partial charge is 0.354 e. The topological polar surface area (TPSA) is 125 Å². The normalized spacial score (nSPS) is 14.2. The van der Waals surface area contributed by atoms with E-state index in [2.05, 4.69) is 14.8 Å². The first-order chi connectivity index (χ1) is 17.8. The van der Waals surface area contributed by atoms with E-state index in [-0.39, 0.29) is 23.5 Å². The van der Waals surface area contributed by atoms with E-state index in [9.17, 15) is 28.3 Å². The molecule has 1 aliphatic heterocycles. The van der Waals surface area contributed by atoms with Crippen LogP contribution in [0.1, 0.15) is 40.1 Å². The molecule has 196 valence electrons. The number of benzene rings is 2. The fourth-order valence-corrected chi connectivity index (χ4v) is 4.73. The van der Waals surface area contributed by atoms with Crippen LogP contribution in [0.25, 0.3) is 11.3 Å². The Labute approximate surface area is 212 Å². The molecule has 0 bridgehead atoms. The molecular weight excluding hydrogens is 484 g/mol. The molecule has 0 unspecified atom stereocenters. The van der Waals surface area contributed by atoms with Crippen LogP contribution < -0.4 is 16.3 Å². The van der Waals surface area contributed by atoms with Gasteiger partial charge >= 0.3 is 11.7 Å². The molecule has 2 aromatic carbocycles. The van der Waals surface area contributed by atoms with Crippen LogP contribution in [-0.2, 0) is 6.54 Å². The number of para-hydroxylation sites is 1. The number of primary amides is 1. The van der Waals surface area contributed by atoms with Gasteiger partial charge in [0.15, 0.2) is 17.3 Å². The predicted octanol–water partition coefficient (Wildman–Crippen LogP) is 2.91. The molecule has 1 saturated heterocycles. The maximum Gasteiger partial charge on any atom is 0.354 e. The molecule has 0 spiro atoms. The first-order valence-corrected chi connectivity index (χ1v) is 12.1. The third-order valence-electron chi connectivity index (χ3n) is 6.63. The number of aromatic nitrogens is 2. The van der Waals surface area contributed by atoms with Crippen LogP contribution in [0.2, 0.25) is 0 Å². The Hall–Kier alpha value is -3.99. The van der Waals surface area contributed by atoms with Crippen molar-refractivity contribution in [3.8, 4) is 11.3 Å². The third kappa shape index (κ3) is 5.88. The monoisotopic (exact) mass is 513 g/mol. The molecule has 2 heterocycles. The van der Waals surface area contributed by atoms with Crippen LogP contribution in [0, 0.1) is 11.6 Å². The fourth-order valence-electron chi connectivity index (χ4n) is 4.73. The summed E-state index contributed by atoms with van der Waals surface area (Å²) < 4.78 is 28.4. The van der Waals surface area contributed by atoms with Crippen molar-refractivity contribution in [1.29, 1.82) is 0 Å². The number of H-pyrrole nitrogens is 1. The van der Waals surface area contributed by atoms with Gasteiger partial charge in [-0.15, -0.1) is 0 Å². The lowest BCUT2D eigenvalue weighted by atomic mass is 10.1. The number of aromatic carboxylic acids is 1. The van der Waals surface area contributed by atoms with Crippen molar-refractivity contribution in [3.05, 3.63) is 75.8 Å². The number of hydrogen-bond acceptors (Lipinski definition) is 5. The van der Waals surface area contributed by atoms with Crippen LogP contribution >= 0.6 is 0 Å². The lowest BCUT2D eigenvalue weighted by Crippen LogP contribution is -2.47. The van der Waals surface area contributed by atoms with E-state index in [0.29, 0.717) is 12.0 Å². The molecule has 4 rings (SSSR count). The average molecular weight is 514 g/mol. The Kier molecular flexibility index (Phi) is 8.02. The number of anilines is 1. The minimum atomic E-state index is -1.35. The quantitative estimate of drug-likeness (QED) is 0.358. The molecule has 0 radical (unpaired) electrons. The van der Waals surface area contributed by atoms with Crippen LogP contribution in [0.4, 0.5) is 14.5 Å². The van der Waals surface area contributed by atoms with Crippen LogP contribution in [-0.4, -0.2) is 64.2 Å². The maximum atomic E-state index is 13.8. The highest BCUT2D eigenvalue weighted by atomic mass is 19.2. The van der Waals surface area contributed by atoms with E-state index in [0.717, 1.165) is 63.4 Å². The Bertz CT molecular complexity index is 1340. The van der Waals surface area contributed by atoms with Crippen LogP contribution in [0.15, 0.2) is 47.3 Å². The summed E-state index contributed by atoms with van der Waals surface area (Å²) in [4.78, 5) is 42.6. The summed E-state index contributed by atoms with van der Waals surface area (Å²) in [7, 11) is 0. The number of carbonyl (C=O) groups excluding carboxylic acids is 1. The highest BCUT2D eigenvalue weighted by molar-refractivity contribution is 5.98. The van der Waals surface area contributed by atoms with Crippen molar-refractivity contribution in [2.45, 2.75) is 25.8 Å². The molecule has 1 aromatic heterocycles. The minimum Gasteiger partial charge on any atom is -0.477 e. The summed E-state index contributed by atoms with van der Waals surface area (Å²) in [6, 6.07) is 10.4. The lowest BCUT2D eigenvalue weighted by molar-refractivity contribution is 0.0691. The van der Waals surface area contributed by atoms with E-state index < -0.39 is 29.2 Å². The van der Waals surface area contributed by atoms with Gasteiger partial charge in [0.05, 0.1) is 11.3 Å². The van der Waals surface area contributed by atoms with Gasteiger partial charge in [-0.1, -0.05) is 18.6 Å². The second-order valence-corrected chi connectivity index (χ2v) is 9.01. The van der Waals surface area contributed by atoms with Crippen molar-refractivity contribution >= 4 is 17.6 Å². The van der Waals surface area contributed by atoms with Gasteiger partial charge in [-0.05, 0) is 49.7 Å². The van der Waals surface area contributed by atoms with Gasteiger partial charge in [-0.25, -0.2) is 18.4 Å². The number of carbonyl (C=O) groups is 2. The highest BCUT2D eigenvalue weighted by Gasteiger charge is 2.22. The molecule has 0 aliphatic carbocycles. The van der Waals surface area contributed by atoms with Gasteiger partial charge in [0, 0.05) is 44.0 Å². The number of nitrogens with zero attached hydrogens (tertiary/aromatic N) is 3. The van der Waals surface area contributed by atoms with Crippen molar-refractivity contribution in [2.75, 3.05) is 37.6 Å². The van der Waals surface area contributed by atoms with E-state index in [1.165, 1.54) is 10.6 Å². The molecular formula is C26H29F2N5O4. The van der Waals surface area contributed by atoms with Crippen molar-refractivity contribution < 1.29 is 23.5 Å². The van der Waals surface area contributed by atoms with E-state index in [4.69, 9.17) is 5.73 Å². The van der Waals surface area contributed by atoms with Gasteiger partial charge in [-0.3, -0.25) is 19.2 Å². The SMILES string of the molecule is NC(=O)c1ccccc1N1CCN(CCCCCn2c(-c3ccc(F)c(F)c3)c(C(=O)O)[nH]c2=O)CC1. The second-order valence-electron chi connectivity index (χ2n) is 9.01. The number of hydrogen-bond donors (Lipinski definition) is 3. The van der Waals surface area contributed by atoms with E-state index in [1.807, 2.05) is 12.1 Å². The fraction of sp³-hybridized carbons (Fsp3) is 0.346. The van der Waals surface area contributed by atoms with Gasteiger partial charge in [0.25, 0.3) is 5.91 Å². The van der Waals surface area contributed by atoms with Crippen molar-refractivity contribution in [3.63, 3.8) is 0 Å². The Morgan fingerprint density at radius 2 is 1.65 bits per heavy atom. The highest BCUT2D eigenvalue weighted by Crippen LogP contribution is 2.25. The molecule has 1 fully saturated rings. The number of nitrogens with one attached hydrogen (secondary N) is 1. The lowest BCUT2D eigenvalue weighted by Gasteiger charge is -2.36. The molecule has 11 heteroatoms. The summed E-state index contributed by atoms with van der Waals surface area (Å²) in [5.74, 6) is -3.97. The zero-order chi connectivity index (χ0) is 26.5. The molecule has 37 heavy (non-hydrogen) atoms. The van der Waals surface area contributed by atoms with Gasteiger partial charge in [-0.2, -0.15) is 0 Å². The Balaban J connectivity index is 1.31. The summed E-state index contributed by atoms with van der Waals surface area (Å²) >= 11 is 0. The molecule has 0 atom stereocenters. The van der Waals surface area contributed by atoms with Crippen LogP contribution in [0.5, 0.6) is 0 Å². The van der Waals surface area contributed by atoms with E-state index >= 15 is 0 Å². The second kappa shape index (κ2) is 11.4. The molecule has 9 nitrogen and oxygen atoms in total. The summed E-state index contributed by atoms with van der Waals surface area (Å²) in [5, 5.41) is 9.49. The zero-order valence-corrected chi connectivity index (χ0v) is 20.3. The minimum absolute atomic E-state index is 0.0313. The average Bonchev–Trinajstić information content (AvgIpc) is 3.22. The number of nitrogens with two attached hydrogens (primary N) is 1. The number of halogens is 2. The molecule has 1 amide bonds. The number of imidazole rings is 1. The number of piperazine rings is 1. The largest absolute Gasteiger partial charge is 0.477 e. The standard InChI is InChI=1S/C26H29F2N5O4/c27-19-9-8-17(16-20(19)28)23-22(25(35)36)30-26(37)33(23)11-5-1-4-10-31-12-14-32(15-13-31)21-7-3-2-6-18(21)24(29)34/h2-3,6-9,16H,1,4-5,10-15H2,(H2,29,34)(H,30,37)(H,35,36).